The zero-order valence-electron chi connectivity index (χ0n) is 16.7. The normalized spacial score (nSPS) is 10.9. The van der Waals surface area contributed by atoms with Gasteiger partial charge >= 0.3 is 0 Å². The second-order valence-electron chi connectivity index (χ2n) is 6.58. The number of aryl methyl sites for hydroxylation is 1. The zero-order valence-corrected chi connectivity index (χ0v) is 17.5. The molecule has 0 spiro atoms. The van der Waals surface area contributed by atoms with Gasteiger partial charge in [0.1, 0.15) is 12.2 Å². The Balaban J connectivity index is 1.87. The third kappa shape index (κ3) is 3.57. The molecule has 7 nitrogen and oxygen atoms in total. The number of hydrogen-bond donors (Lipinski definition) is 0. The molecule has 4 rings (SSSR count). The van der Waals surface area contributed by atoms with Crippen molar-refractivity contribution in [1.29, 1.82) is 0 Å². The van der Waals surface area contributed by atoms with Crippen molar-refractivity contribution in [2.24, 2.45) is 0 Å². The summed E-state index contributed by atoms with van der Waals surface area (Å²) in [4.78, 5) is 30.0. The van der Waals surface area contributed by atoms with Crippen LogP contribution >= 0.6 is 11.3 Å². The number of carbonyl (C=O) groups is 1. The number of thiazole rings is 1. The van der Waals surface area contributed by atoms with Gasteiger partial charge in [-0.2, -0.15) is 5.10 Å². The Bertz CT molecular complexity index is 1300. The van der Waals surface area contributed by atoms with Gasteiger partial charge in [0, 0.05) is 11.1 Å². The Morgan fingerprint density at radius 3 is 2.50 bits per heavy atom. The summed E-state index contributed by atoms with van der Waals surface area (Å²) in [6.45, 7) is 1.66. The highest BCUT2D eigenvalue weighted by molar-refractivity contribution is 7.19. The fraction of sp³-hybridized carbons (Fsp3) is 0.182. The lowest BCUT2D eigenvalue weighted by Gasteiger charge is -2.11. The van der Waals surface area contributed by atoms with Crippen LogP contribution in [0.2, 0.25) is 0 Å². The van der Waals surface area contributed by atoms with Crippen molar-refractivity contribution in [2.45, 2.75) is 13.5 Å². The molecule has 0 saturated carbocycles. The SMILES string of the molecule is COc1ccc(-c2nn(CC(=O)c3ccccc3)c(=O)c3nc(C)sc23)cc1OC. The average Bonchev–Trinajstić information content (AvgIpc) is 3.17. The summed E-state index contributed by atoms with van der Waals surface area (Å²) < 4.78 is 12.6. The van der Waals surface area contributed by atoms with E-state index >= 15 is 0 Å². The van der Waals surface area contributed by atoms with Crippen molar-refractivity contribution >= 4 is 27.3 Å². The van der Waals surface area contributed by atoms with E-state index in [2.05, 4.69) is 10.1 Å². The van der Waals surface area contributed by atoms with Gasteiger partial charge in [0.25, 0.3) is 5.56 Å². The molecule has 152 valence electrons. The van der Waals surface area contributed by atoms with E-state index in [1.54, 1.807) is 50.6 Å². The molecule has 0 saturated heterocycles. The third-order valence-corrected chi connectivity index (χ3v) is 5.63. The molecule has 30 heavy (non-hydrogen) atoms. The van der Waals surface area contributed by atoms with Gasteiger partial charge in [0.2, 0.25) is 0 Å². The molecule has 8 heteroatoms. The predicted octanol–water partition coefficient (Wildman–Crippen LogP) is 3.73. The van der Waals surface area contributed by atoms with Gasteiger partial charge < -0.3 is 9.47 Å². The second kappa shape index (κ2) is 8.08. The quantitative estimate of drug-likeness (QED) is 0.441. The number of aromatic nitrogens is 3. The predicted molar refractivity (Wildman–Crippen MR) is 116 cm³/mol. The maximum atomic E-state index is 13.0. The van der Waals surface area contributed by atoms with Crippen LogP contribution in [0.5, 0.6) is 11.5 Å². The van der Waals surface area contributed by atoms with Crippen LogP contribution in [-0.2, 0) is 6.54 Å². The Morgan fingerprint density at radius 2 is 1.80 bits per heavy atom. The molecule has 0 fully saturated rings. The fourth-order valence-electron chi connectivity index (χ4n) is 3.20. The second-order valence-corrected chi connectivity index (χ2v) is 7.78. The van der Waals surface area contributed by atoms with Crippen molar-refractivity contribution < 1.29 is 14.3 Å². The third-order valence-electron chi connectivity index (χ3n) is 4.65. The monoisotopic (exact) mass is 421 g/mol. The van der Waals surface area contributed by atoms with Crippen molar-refractivity contribution in [3.8, 4) is 22.8 Å². The average molecular weight is 421 g/mol. The molecule has 0 unspecified atom stereocenters. The number of rotatable bonds is 6. The van der Waals surface area contributed by atoms with Crippen LogP contribution in [0.15, 0.2) is 53.3 Å². The molecule has 0 radical (unpaired) electrons. The number of benzene rings is 2. The Morgan fingerprint density at radius 1 is 1.07 bits per heavy atom. The molecule has 2 aromatic heterocycles. The minimum atomic E-state index is -0.386. The molecule has 2 heterocycles. The van der Waals surface area contributed by atoms with Crippen molar-refractivity contribution in [3.63, 3.8) is 0 Å². The van der Waals surface area contributed by atoms with E-state index in [0.717, 1.165) is 10.6 Å². The Kier molecular flexibility index (Phi) is 5.33. The van der Waals surface area contributed by atoms with Crippen molar-refractivity contribution in [2.75, 3.05) is 14.2 Å². The summed E-state index contributed by atoms with van der Waals surface area (Å²) >= 11 is 1.39. The van der Waals surface area contributed by atoms with Crippen LogP contribution in [-0.4, -0.2) is 34.8 Å². The van der Waals surface area contributed by atoms with Gasteiger partial charge in [-0.15, -0.1) is 11.3 Å². The number of nitrogens with zero attached hydrogens (tertiary/aromatic N) is 3. The van der Waals surface area contributed by atoms with Gasteiger partial charge in [0.15, 0.2) is 22.8 Å². The van der Waals surface area contributed by atoms with Gasteiger partial charge in [-0.1, -0.05) is 30.3 Å². The summed E-state index contributed by atoms with van der Waals surface area (Å²) in [6.07, 6.45) is 0. The van der Waals surface area contributed by atoms with E-state index < -0.39 is 0 Å². The van der Waals surface area contributed by atoms with Crippen LogP contribution in [0, 0.1) is 6.92 Å². The molecule has 0 aliphatic rings. The molecule has 0 atom stereocenters. The number of ketones is 1. The summed E-state index contributed by atoms with van der Waals surface area (Å²) in [7, 11) is 3.12. The standard InChI is InChI=1S/C22H19N3O4S/c1-13-23-20-21(30-13)19(15-9-10-17(28-2)18(11-15)29-3)24-25(22(20)27)12-16(26)14-7-5-4-6-8-14/h4-11H,12H2,1-3H3. The highest BCUT2D eigenvalue weighted by Crippen LogP contribution is 2.35. The van der Waals surface area contributed by atoms with Crippen LogP contribution in [0.1, 0.15) is 15.4 Å². The van der Waals surface area contributed by atoms with Crippen molar-refractivity contribution in [1.82, 2.24) is 14.8 Å². The van der Waals surface area contributed by atoms with Gasteiger partial charge in [-0.05, 0) is 25.1 Å². The smallest absolute Gasteiger partial charge is 0.294 e. The van der Waals surface area contributed by atoms with E-state index in [1.807, 2.05) is 19.1 Å². The summed E-state index contributed by atoms with van der Waals surface area (Å²) in [6, 6.07) is 14.2. The molecular weight excluding hydrogens is 402 g/mol. The van der Waals surface area contributed by atoms with Crippen LogP contribution < -0.4 is 15.0 Å². The van der Waals surface area contributed by atoms with Gasteiger partial charge in [-0.25, -0.2) is 9.67 Å². The number of carbonyl (C=O) groups excluding carboxylic acids is 1. The summed E-state index contributed by atoms with van der Waals surface area (Å²) in [5.41, 5.74) is 1.74. The number of hydrogen-bond acceptors (Lipinski definition) is 7. The molecular formula is C22H19N3O4S. The fourth-order valence-corrected chi connectivity index (χ4v) is 4.11. The molecule has 0 aliphatic carbocycles. The summed E-state index contributed by atoms with van der Waals surface area (Å²) in [5, 5.41) is 5.29. The maximum absolute atomic E-state index is 13.0. The van der Waals surface area contributed by atoms with E-state index in [0.29, 0.717) is 33.0 Å². The van der Waals surface area contributed by atoms with Crippen molar-refractivity contribution in [3.05, 3.63) is 69.5 Å². The minimum absolute atomic E-state index is 0.171. The molecule has 0 aliphatic heterocycles. The van der Waals surface area contributed by atoms with Crippen LogP contribution in [0.25, 0.3) is 21.5 Å². The first-order valence-electron chi connectivity index (χ1n) is 9.20. The largest absolute Gasteiger partial charge is 0.493 e. The Hall–Kier alpha value is -3.52. The molecule has 0 amide bonds. The highest BCUT2D eigenvalue weighted by atomic mass is 32.1. The highest BCUT2D eigenvalue weighted by Gasteiger charge is 2.19. The van der Waals surface area contributed by atoms with E-state index in [1.165, 1.54) is 16.0 Å². The van der Waals surface area contributed by atoms with Gasteiger partial charge in [-0.3, -0.25) is 9.59 Å². The lowest BCUT2D eigenvalue weighted by Crippen LogP contribution is -2.27. The number of ether oxygens (including phenoxy) is 2. The topological polar surface area (TPSA) is 83.3 Å². The number of fused-ring (bicyclic) bond motifs is 1. The van der Waals surface area contributed by atoms with E-state index in [-0.39, 0.29) is 17.9 Å². The molecule has 0 N–H and O–H groups in total. The first-order chi connectivity index (χ1) is 14.5. The maximum Gasteiger partial charge on any atom is 0.294 e. The van der Waals surface area contributed by atoms with Crippen LogP contribution in [0.4, 0.5) is 0 Å². The molecule has 2 aromatic carbocycles. The number of Topliss-reactive ketones (excluding diaryl/α,β-unsaturated/α-hetero) is 1. The minimum Gasteiger partial charge on any atom is -0.493 e. The lowest BCUT2D eigenvalue weighted by atomic mass is 10.1. The molecule has 0 bridgehead atoms. The first-order valence-corrected chi connectivity index (χ1v) is 10.0. The lowest BCUT2D eigenvalue weighted by molar-refractivity contribution is 0.0966. The van der Waals surface area contributed by atoms with Crippen LogP contribution in [0.3, 0.4) is 0 Å². The Labute approximate surface area is 176 Å². The molecule has 4 aromatic rings. The summed E-state index contributed by atoms with van der Waals surface area (Å²) in [5.74, 6) is 0.935. The van der Waals surface area contributed by atoms with Gasteiger partial charge in [0.05, 0.1) is 23.9 Å². The van der Waals surface area contributed by atoms with E-state index in [4.69, 9.17) is 9.47 Å². The zero-order chi connectivity index (χ0) is 21.3. The number of methoxy groups -OCH3 is 2. The first kappa shape index (κ1) is 19.8. The van der Waals surface area contributed by atoms with E-state index in [9.17, 15) is 9.59 Å².